The molecule has 0 aliphatic rings. The summed E-state index contributed by atoms with van der Waals surface area (Å²) in [7, 11) is 0. The number of carbonyl (C=O) groups excluding carboxylic acids is 2. The van der Waals surface area contributed by atoms with Crippen LogP contribution in [0.5, 0.6) is 5.75 Å². The lowest BCUT2D eigenvalue weighted by molar-refractivity contribution is -0.118. The number of anilines is 1. The van der Waals surface area contributed by atoms with Crippen molar-refractivity contribution in [2.45, 2.75) is 0 Å². The molecular formula is C15H12N2O3. The molecule has 5 nitrogen and oxygen atoms in total. The molecule has 100 valence electrons. The molecule has 2 rings (SSSR count). The van der Waals surface area contributed by atoms with E-state index in [0.29, 0.717) is 17.1 Å². The van der Waals surface area contributed by atoms with Crippen molar-refractivity contribution in [3.05, 3.63) is 54.6 Å². The van der Waals surface area contributed by atoms with Crippen molar-refractivity contribution in [3.63, 3.8) is 0 Å². The van der Waals surface area contributed by atoms with Gasteiger partial charge in [-0.25, -0.2) is 4.79 Å². The Kier molecular flexibility index (Phi) is 4.65. The van der Waals surface area contributed by atoms with Crippen LogP contribution in [0.4, 0.5) is 11.4 Å². The fraction of sp³-hybridized carbons (Fsp3) is 0.0667. The van der Waals surface area contributed by atoms with Crippen molar-refractivity contribution < 1.29 is 14.3 Å². The molecule has 0 bridgehead atoms. The summed E-state index contributed by atoms with van der Waals surface area (Å²) in [6.45, 7) is -0.0712. The highest BCUT2D eigenvalue weighted by molar-refractivity contribution is 5.92. The fourth-order valence-corrected chi connectivity index (χ4v) is 1.53. The molecule has 5 heteroatoms. The Morgan fingerprint density at radius 3 is 2.45 bits per heavy atom. The average Bonchev–Trinajstić information content (AvgIpc) is 2.49. The predicted octanol–water partition coefficient (Wildman–Crippen LogP) is 2.67. The zero-order valence-corrected chi connectivity index (χ0v) is 10.6. The summed E-state index contributed by atoms with van der Waals surface area (Å²) in [5.74, 6) is 0.374. The number of isocyanates is 1. The Labute approximate surface area is 115 Å². The van der Waals surface area contributed by atoms with Gasteiger partial charge in [-0.15, -0.1) is 0 Å². The van der Waals surface area contributed by atoms with E-state index in [9.17, 15) is 9.59 Å². The molecule has 0 aliphatic carbocycles. The number of rotatable bonds is 5. The van der Waals surface area contributed by atoms with Gasteiger partial charge in [0.15, 0.2) is 6.61 Å². The van der Waals surface area contributed by atoms with E-state index < -0.39 is 0 Å². The molecule has 2 aromatic carbocycles. The number of ether oxygens (including phenoxy) is 1. The number of para-hydroxylation sites is 1. The second-order valence-corrected chi connectivity index (χ2v) is 3.90. The first-order chi connectivity index (χ1) is 9.78. The average molecular weight is 268 g/mol. The molecule has 0 heterocycles. The minimum Gasteiger partial charge on any atom is -0.484 e. The molecule has 0 aliphatic heterocycles. The number of nitrogens with one attached hydrogen (secondary N) is 1. The van der Waals surface area contributed by atoms with Gasteiger partial charge in [0, 0.05) is 5.69 Å². The van der Waals surface area contributed by atoms with Crippen LogP contribution in [0.15, 0.2) is 59.6 Å². The molecule has 0 saturated carbocycles. The summed E-state index contributed by atoms with van der Waals surface area (Å²) in [4.78, 5) is 25.2. The van der Waals surface area contributed by atoms with Gasteiger partial charge >= 0.3 is 0 Å². The van der Waals surface area contributed by atoms with Crippen LogP contribution in [0.1, 0.15) is 0 Å². The predicted molar refractivity (Wildman–Crippen MR) is 74.8 cm³/mol. The molecule has 0 radical (unpaired) electrons. The Hall–Kier alpha value is -2.91. The van der Waals surface area contributed by atoms with Crippen molar-refractivity contribution in [2.24, 2.45) is 4.99 Å². The first-order valence-electron chi connectivity index (χ1n) is 5.93. The molecule has 0 aromatic heterocycles. The van der Waals surface area contributed by atoms with Crippen LogP contribution < -0.4 is 10.1 Å². The zero-order chi connectivity index (χ0) is 14.2. The van der Waals surface area contributed by atoms with Crippen LogP contribution >= 0.6 is 0 Å². The molecule has 20 heavy (non-hydrogen) atoms. The Morgan fingerprint density at radius 2 is 1.80 bits per heavy atom. The van der Waals surface area contributed by atoms with Gasteiger partial charge in [0.05, 0.1) is 5.69 Å². The molecule has 0 saturated heterocycles. The topological polar surface area (TPSA) is 67.8 Å². The minimum atomic E-state index is -0.263. The Balaban J connectivity index is 1.86. The van der Waals surface area contributed by atoms with Gasteiger partial charge in [0.25, 0.3) is 5.91 Å². The van der Waals surface area contributed by atoms with Gasteiger partial charge in [0.2, 0.25) is 6.08 Å². The van der Waals surface area contributed by atoms with Crippen molar-refractivity contribution in [1.29, 1.82) is 0 Å². The van der Waals surface area contributed by atoms with Crippen LogP contribution in [0.2, 0.25) is 0 Å². The second kappa shape index (κ2) is 6.87. The number of benzene rings is 2. The highest BCUT2D eigenvalue weighted by Crippen LogP contribution is 2.15. The molecule has 1 amide bonds. The van der Waals surface area contributed by atoms with Crippen LogP contribution in [0.25, 0.3) is 0 Å². The van der Waals surface area contributed by atoms with E-state index >= 15 is 0 Å². The maximum atomic E-state index is 11.7. The van der Waals surface area contributed by atoms with Crippen LogP contribution in [0.3, 0.4) is 0 Å². The van der Waals surface area contributed by atoms with E-state index in [2.05, 4.69) is 10.3 Å². The normalized spacial score (nSPS) is 9.40. The highest BCUT2D eigenvalue weighted by Gasteiger charge is 2.03. The van der Waals surface area contributed by atoms with E-state index in [-0.39, 0.29) is 12.5 Å². The third kappa shape index (κ3) is 4.08. The third-order valence-electron chi connectivity index (χ3n) is 2.44. The number of aliphatic imine (C=N–C) groups is 1. The minimum absolute atomic E-state index is 0.0712. The smallest absolute Gasteiger partial charge is 0.262 e. The summed E-state index contributed by atoms with van der Waals surface area (Å²) in [5, 5.41) is 2.68. The molecule has 0 fully saturated rings. The van der Waals surface area contributed by atoms with Crippen LogP contribution in [-0.4, -0.2) is 18.6 Å². The molecule has 0 atom stereocenters. The van der Waals surface area contributed by atoms with Crippen molar-refractivity contribution in [1.82, 2.24) is 0 Å². The van der Waals surface area contributed by atoms with Gasteiger partial charge < -0.3 is 10.1 Å². The summed E-state index contributed by atoms with van der Waals surface area (Å²) in [6, 6.07) is 15.6. The number of amides is 1. The number of hydrogen-bond acceptors (Lipinski definition) is 4. The largest absolute Gasteiger partial charge is 0.484 e. The van der Waals surface area contributed by atoms with E-state index in [1.807, 2.05) is 18.2 Å². The third-order valence-corrected chi connectivity index (χ3v) is 2.44. The van der Waals surface area contributed by atoms with Gasteiger partial charge in [-0.2, -0.15) is 4.99 Å². The summed E-state index contributed by atoms with van der Waals surface area (Å²) in [5.41, 5.74) is 1.09. The first-order valence-corrected chi connectivity index (χ1v) is 5.93. The van der Waals surface area contributed by atoms with Crippen molar-refractivity contribution >= 4 is 23.4 Å². The van der Waals surface area contributed by atoms with Crippen molar-refractivity contribution in [2.75, 3.05) is 11.9 Å². The molecule has 0 unspecified atom stereocenters. The standard InChI is InChI=1S/C15H12N2O3/c18-11-16-12-6-8-13(9-7-12)17-15(19)10-20-14-4-2-1-3-5-14/h1-9H,10H2,(H,17,19). The van der Waals surface area contributed by atoms with E-state index in [1.165, 1.54) is 6.08 Å². The van der Waals surface area contributed by atoms with Crippen LogP contribution in [-0.2, 0) is 9.59 Å². The lowest BCUT2D eigenvalue weighted by Crippen LogP contribution is -2.20. The van der Waals surface area contributed by atoms with E-state index in [4.69, 9.17) is 4.74 Å². The summed E-state index contributed by atoms with van der Waals surface area (Å²) >= 11 is 0. The lowest BCUT2D eigenvalue weighted by Gasteiger charge is -2.07. The SMILES string of the molecule is O=C=Nc1ccc(NC(=O)COc2ccccc2)cc1. The molecule has 2 aromatic rings. The van der Waals surface area contributed by atoms with Gasteiger partial charge in [-0.05, 0) is 36.4 Å². The first kappa shape index (κ1) is 13.5. The number of carbonyl (C=O) groups is 1. The summed E-state index contributed by atoms with van der Waals surface area (Å²) in [6.07, 6.45) is 1.45. The molecule has 0 spiro atoms. The zero-order valence-electron chi connectivity index (χ0n) is 10.6. The Bertz CT molecular complexity index is 617. The van der Waals surface area contributed by atoms with Crippen LogP contribution in [0, 0.1) is 0 Å². The lowest BCUT2D eigenvalue weighted by atomic mass is 10.3. The molecule has 1 N–H and O–H groups in total. The number of hydrogen-bond donors (Lipinski definition) is 1. The summed E-state index contributed by atoms with van der Waals surface area (Å²) < 4.78 is 5.32. The fourth-order valence-electron chi connectivity index (χ4n) is 1.53. The monoisotopic (exact) mass is 268 g/mol. The van der Waals surface area contributed by atoms with E-state index in [1.54, 1.807) is 36.4 Å². The number of nitrogens with zero attached hydrogens (tertiary/aromatic N) is 1. The molecular weight excluding hydrogens is 256 g/mol. The van der Waals surface area contributed by atoms with Gasteiger partial charge in [0.1, 0.15) is 5.75 Å². The maximum Gasteiger partial charge on any atom is 0.262 e. The maximum absolute atomic E-state index is 11.7. The van der Waals surface area contributed by atoms with Crippen molar-refractivity contribution in [3.8, 4) is 5.75 Å². The highest BCUT2D eigenvalue weighted by atomic mass is 16.5. The quantitative estimate of drug-likeness (QED) is 0.669. The van der Waals surface area contributed by atoms with E-state index in [0.717, 1.165) is 0 Å². The Morgan fingerprint density at radius 1 is 1.10 bits per heavy atom. The van der Waals surface area contributed by atoms with Gasteiger partial charge in [-0.1, -0.05) is 18.2 Å². The van der Waals surface area contributed by atoms with Gasteiger partial charge in [-0.3, -0.25) is 4.79 Å². The second-order valence-electron chi connectivity index (χ2n) is 3.90.